The highest BCUT2D eigenvalue weighted by Gasteiger charge is 2.27. The molecule has 0 aromatic heterocycles. The lowest BCUT2D eigenvalue weighted by molar-refractivity contribution is -0.136. The molecular formula is C17H23ClN2O2S. The first kappa shape index (κ1) is 18.1. The molecule has 1 atom stereocenters. The Labute approximate surface area is 146 Å². The number of hydrogen-bond donors (Lipinski definition) is 1. The van der Waals surface area contributed by atoms with E-state index in [-0.39, 0.29) is 11.8 Å². The molecule has 1 fully saturated rings. The number of likely N-dealkylation sites (tertiary alicyclic amines) is 1. The number of amides is 2. The van der Waals surface area contributed by atoms with Crippen LogP contribution in [0.1, 0.15) is 26.7 Å². The first-order valence-corrected chi connectivity index (χ1v) is 9.26. The van der Waals surface area contributed by atoms with E-state index in [1.165, 1.54) is 6.92 Å². The minimum Gasteiger partial charge on any atom is -0.344 e. The van der Waals surface area contributed by atoms with E-state index < -0.39 is 6.04 Å². The summed E-state index contributed by atoms with van der Waals surface area (Å²) in [6.45, 7) is 5.22. The predicted octanol–water partition coefficient (Wildman–Crippen LogP) is 3.20. The molecule has 1 aromatic rings. The highest BCUT2D eigenvalue weighted by molar-refractivity contribution is 7.99. The summed E-state index contributed by atoms with van der Waals surface area (Å²) in [6.07, 6.45) is 2.06. The van der Waals surface area contributed by atoms with Crippen molar-refractivity contribution in [3.8, 4) is 0 Å². The normalized spacial score (nSPS) is 16.9. The summed E-state index contributed by atoms with van der Waals surface area (Å²) in [4.78, 5) is 27.0. The van der Waals surface area contributed by atoms with Crippen LogP contribution in [0.3, 0.4) is 0 Å². The van der Waals surface area contributed by atoms with Gasteiger partial charge in [0.15, 0.2) is 0 Å². The highest BCUT2D eigenvalue weighted by atomic mass is 35.5. The molecule has 126 valence electrons. The number of thioether (sulfide) groups is 1. The molecule has 4 nitrogen and oxygen atoms in total. The molecule has 0 saturated carbocycles. The maximum absolute atomic E-state index is 12.7. The second-order valence-electron chi connectivity index (χ2n) is 6.03. The summed E-state index contributed by atoms with van der Waals surface area (Å²) < 4.78 is 0. The number of rotatable bonds is 5. The standard InChI is InChI=1S/C17H23ClN2O2S/c1-12-7-9-20(10-8-12)17(22)16(19-13(2)21)11-23-15-5-3-14(18)4-6-15/h3-6,12,16H,7-11H2,1-2H3,(H,19,21). The number of carbonyl (C=O) groups is 2. The van der Waals surface area contributed by atoms with Crippen molar-refractivity contribution >= 4 is 35.2 Å². The van der Waals surface area contributed by atoms with Crippen molar-refractivity contribution in [2.24, 2.45) is 5.92 Å². The molecule has 23 heavy (non-hydrogen) atoms. The van der Waals surface area contributed by atoms with E-state index in [0.29, 0.717) is 16.7 Å². The third-order valence-electron chi connectivity index (χ3n) is 4.00. The minimum absolute atomic E-state index is 0.0218. The average molecular weight is 355 g/mol. The zero-order valence-electron chi connectivity index (χ0n) is 13.5. The van der Waals surface area contributed by atoms with Gasteiger partial charge in [-0.2, -0.15) is 0 Å². The van der Waals surface area contributed by atoms with E-state index >= 15 is 0 Å². The van der Waals surface area contributed by atoms with Gasteiger partial charge in [0.1, 0.15) is 6.04 Å². The molecule has 0 bridgehead atoms. The molecule has 1 unspecified atom stereocenters. The second kappa shape index (κ2) is 8.60. The lowest BCUT2D eigenvalue weighted by Crippen LogP contribution is -2.51. The molecule has 0 spiro atoms. The lowest BCUT2D eigenvalue weighted by atomic mass is 9.99. The Kier molecular flexibility index (Phi) is 6.78. The molecule has 1 aromatic carbocycles. The fourth-order valence-electron chi connectivity index (χ4n) is 2.58. The number of nitrogens with zero attached hydrogens (tertiary/aromatic N) is 1. The Morgan fingerprint density at radius 2 is 1.91 bits per heavy atom. The summed E-state index contributed by atoms with van der Waals surface area (Å²) >= 11 is 7.43. The van der Waals surface area contributed by atoms with Crippen LogP contribution in [0.25, 0.3) is 0 Å². The molecule has 2 amide bonds. The van der Waals surface area contributed by atoms with Gasteiger partial charge >= 0.3 is 0 Å². The monoisotopic (exact) mass is 354 g/mol. The van der Waals surface area contributed by atoms with Gasteiger partial charge in [-0.05, 0) is 43.0 Å². The molecule has 1 N–H and O–H groups in total. The quantitative estimate of drug-likeness (QED) is 0.826. The predicted molar refractivity (Wildman–Crippen MR) is 94.8 cm³/mol. The zero-order chi connectivity index (χ0) is 16.8. The zero-order valence-corrected chi connectivity index (χ0v) is 15.1. The van der Waals surface area contributed by atoms with Gasteiger partial charge in [0.25, 0.3) is 0 Å². The number of piperidine rings is 1. The maximum Gasteiger partial charge on any atom is 0.246 e. The van der Waals surface area contributed by atoms with E-state index in [4.69, 9.17) is 11.6 Å². The molecule has 1 aliphatic rings. The summed E-state index contributed by atoms with van der Waals surface area (Å²) in [6, 6.07) is 7.01. The Bertz CT molecular complexity index is 542. The molecule has 2 rings (SSSR count). The summed E-state index contributed by atoms with van der Waals surface area (Å²) in [7, 11) is 0. The van der Waals surface area contributed by atoms with Crippen LogP contribution < -0.4 is 5.32 Å². The van der Waals surface area contributed by atoms with Crippen LogP contribution in [-0.4, -0.2) is 41.6 Å². The number of hydrogen-bond acceptors (Lipinski definition) is 3. The van der Waals surface area contributed by atoms with Gasteiger partial charge in [-0.3, -0.25) is 9.59 Å². The van der Waals surface area contributed by atoms with Crippen LogP contribution in [-0.2, 0) is 9.59 Å². The van der Waals surface area contributed by atoms with Crippen LogP contribution >= 0.6 is 23.4 Å². The third-order valence-corrected chi connectivity index (χ3v) is 5.36. The fraction of sp³-hybridized carbons (Fsp3) is 0.529. The molecule has 6 heteroatoms. The SMILES string of the molecule is CC(=O)NC(CSc1ccc(Cl)cc1)C(=O)N1CCC(C)CC1. The Hall–Kier alpha value is -1.20. The van der Waals surface area contributed by atoms with Crippen LogP contribution in [0.4, 0.5) is 0 Å². The van der Waals surface area contributed by atoms with Crippen molar-refractivity contribution in [3.63, 3.8) is 0 Å². The van der Waals surface area contributed by atoms with Crippen molar-refractivity contribution in [2.75, 3.05) is 18.8 Å². The van der Waals surface area contributed by atoms with Gasteiger partial charge in [0.05, 0.1) is 0 Å². The molecule has 1 aliphatic heterocycles. The number of nitrogens with one attached hydrogen (secondary N) is 1. The first-order chi connectivity index (χ1) is 11.0. The Balaban J connectivity index is 1.96. The van der Waals surface area contributed by atoms with Crippen molar-refractivity contribution in [1.82, 2.24) is 10.2 Å². The van der Waals surface area contributed by atoms with Crippen molar-refractivity contribution in [1.29, 1.82) is 0 Å². The van der Waals surface area contributed by atoms with Gasteiger partial charge < -0.3 is 10.2 Å². The van der Waals surface area contributed by atoms with E-state index in [1.54, 1.807) is 11.8 Å². The van der Waals surface area contributed by atoms with Crippen LogP contribution in [0.5, 0.6) is 0 Å². The Morgan fingerprint density at radius 3 is 2.48 bits per heavy atom. The first-order valence-electron chi connectivity index (χ1n) is 7.90. The van der Waals surface area contributed by atoms with E-state index in [2.05, 4.69) is 12.2 Å². The van der Waals surface area contributed by atoms with E-state index in [9.17, 15) is 9.59 Å². The number of carbonyl (C=O) groups excluding carboxylic acids is 2. The van der Waals surface area contributed by atoms with Crippen molar-refractivity contribution in [3.05, 3.63) is 29.3 Å². The van der Waals surface area contributed by atoms with E-state index in [0.717, 1.165) is 30.8 Å². The summed E-state index contributed by atoms with van der Waals surface area (Å²) in [5.74, 6) is 1.03. The third kappa shape index (κ3) is 5.74. The van der Waals surface area contributed by atoms with Crippen molar-refractivity contribution < 1.29 is 9.59 Å². The lowest BCUT2D eigenvalue weighted by Gasteiger charge is -2.33. The largest absolute Gasteiger partial charge is 0.344 e. The van der Waals surface area contributed by atoms with Crippen LogP contribution in [0.15, 0.2) is 29.2 Å². The maximum atomic E-state index is 12.7. The van der Waals surface area contributed by atoms with Crippen LogP contribution in [0, 0.1) is 5.92 Å². The molecule has 1 heterocycles. The molecular weight excluding hydrogens is 332 g/mol. The topological polar surface area (TPSA) is 49.4 Å². The van der Waals surface area contributed by atoms with Crippen LogP contribution in [0.2, 0.25) is 5.02 Å². The highest BCUT2D eigenvalue weighted by Crippen LogP contribution is 2.22. The van der Waals surface area contributed by atoms with E-state index in [1.807, 2.05) is 29.2 Å². The Morgan fingerprint density at radius 1 is 1.30 bits per heavy atom. The minimum atomic E-state index is -0.485. The summed E-state index contributed by atoms with van der Waals surface area (Å²) in [5.41, 5.74) is 0. The smallest absolute Gasteiger partial charge is 0.246 e. The number of halogens is 1. The van der Waals surface area contributed by atoms with Gasteiger partial charge in [-0.25, -0.2) is 0 Å². The summed E-state index contributed by atoms with van der Waals surface area (Å²) in [5, 5.41) is 3.48. The van der Waals surface area contributed by atoms with Crippen molar-refractivity contribution in [2.45, 2.75) is 37.6 Å². The van der Waals surface area contributed by atoms with Gasteiger partial charge in [0.2, 0.25) is 11.8 Å². The molecule has 0 aliphatic carbocycles. The second-order valence-corrected chi connectivity index (χ2v) is 7.56. The van der Waals surface area contributed by atoms with Gasteiger partial charge in [0, 0.05) is 35.7 Å². The van der Waals surface area contributed by atoms with Gasteiger partial charge in [-0.1, -0.05) is 18.5 Å². The molecule has 1 saturated heterocycles. The fourth-order valence-corrected chi connectivity index (χ4v) is 3.62. The van der Waals surface area contributed by atoms with Gasteiger partial charge in [-0.15, -0.1) is 11.8 Å². The molecule has 0 radical (unpaired) electrons. The average Bonchev–Trinajstić information content (AvgIpc) is 2.52. The number of benzene rings is 1.